The lowest BCUT2D eigenvalue weighted by Crippen LogP contribution is -2.53. The minimum atomic E-state index is -0.963. The van der Waals surface area contributed by atoms with Crippen LogP contribution in [0.5, 0.6) is 0 Å². The van der Waals surface area contributed by atoms with Crippen molar-refractivity contribution in [2.45, 2.75) is 44.7 Å². The molecule has 4 N–H and O–H groups in total. The topological polar surface area (TPSA) is 84.2 Å². The van der Waals surface area contributed by atoms with Gasteiger partial charge in [0.15, 0.2) is 0 Å². The van der Waals surface area contributed by atoms with Crippen molar-refractivity contribution in [2.75, 3.05) is 6.54 Å². The van der Waals surface area contributed by atoms with Gasteiger partial charge in [-0.05, 0) is 33.2 Å². The van der Waals surface area contributed by atoms with E-state index in [9.17, 15) is 9.59 Å². The van der Waals surface area contributed by atoms with Crippen LogP contribution in [0.2, 0.25) is 0 Å². The zero-order valence-electron chi connectivity index (χ0n) is 9.71. The Bertz CT molecular complexity index is 263. The molecule has 1 saturated heterocycles. The van der Waals surface area contributed by atoms with Gasteiger partial charge in [0, 0.05) is 12.5 Å². The Morgan fingerprint density at radius 2 is 2.12 bits per heavy atom. The Morgan fingerprint density at radius 1 is 1.50 bits per heavy atom. The van der Waals surface area contributed by atoms with Crippen LogP contribution in [0.25, 0.3) is 0 Å². The van der Waals surface area contributed by atoms with Gasteiger partial charge in [-0.3, -0.25) is 9.59 Å². The van der Waals surface area contributed by atoms with Gasteiger partial charge in [-0.15, -0.1) is 12.4 Å². The number of hydrogen-bond donors (Lipinski definition) is 3. The molecule has 0 saturated carbocycles. The summed E-state index contributed by atoms with van der Waals surface area (Å²) in [6.07, 6.45) is 2.54. The maximum atomic E-state index is 11.6. The summed E-state index contributed by atoms with van der Waals surface area (Å²) in [5.74, 6) is -0.645. The molecule has 1 unspecified atom stereocenters. The van der Waals surface area contributed by atoms with Crippen molar-refractivity contribution in [1.29, 1.82) is 0 Å². The first-order valence-corrected chi connectivity index (χ1v) is 5.26. The van der Waals surface area contributed by atoms with Crippen molar-refractivity contribution < 1.29 is 9.59 Å². The number of carbonyl (C=O) groups is 2. The van der Waals surface area contributed by atoms with Crippen molar-refractivity contribution in [3.8, 4) is 0 Å². The molecule has 0 radical (unpaired) electrons. The number of primary amides is 1. The summed E-state index contributed by atoms with van der Waals surface area (Å²) in [7, 11) is 0. The molecule has 1 aliphatic rings. The molecule has 16 heavy (non-hydrogen) atoms. The van der Waals surface area contributed by atoms with Crippen molar-refractivity contribution in [1.82, 2.24) is 10.6 Å². The normalized spacial score (nSPS) is 20.0. The van der Waals surface area contributed by atoms with E-state index in [2.05, 4.69) is 10.6 Å². The van der Waals surface area contributed by atoms with Gasteiger partial charge in [0.05, 0.1) is 0 Å². The number of rotatable bonds is 4. The van der Waals surface area contributed by atoms with E-state index in [1.54, 1.807) is 13.8 Å². The third-order valence-corrected chi connectivity index (χ3v) is 2.66. The van der Waals surface area contributed by atoms with Crippen molar-refractivity contribution in [3.63, 3.8) is 0 Å². The minimum Gasteiger partial charge on any atom is -0.368 e. The van der Waals surface area contributed by atoms with Gasteiger partial charge in [0.1, 0.15) is 5.54 Å². The summed E-state index contributed by atoms with van der Waals surface area (Å²) in [5.41, 5.74) is 4.19. The van der Waals surface area contributed by atoms with Crippen LogP contribution in [-0.2, 0) is 9.59 Å². The second-order valence-corrected chi connectivity index (χ2v) is 4.53. The van der Waals surface area contributed by atoms with Gasteiger partial charge in [-0.2, -0.15) is 0 Å². The molecular weight excluding hydrogens is 230 g/mol. The van der Waals surface area contributed by atoms with Crippen LogP contribution in [0.15, 0.2) is 0 Å². The van der Waals surface area contributed by atoms with E-state index in [-0.39, 0.29) is 24.4 Å². The lowest BCUT2D eigenvalue weighted by atomic mass is 10.0. The second kappa shape index (κ2) is 6.06. The Hall–Kier alpha value is -0.810. The van der Waals surface area contributed by atoms with Gasteiger partial charge >= 0.3 is 0 Å². The minimum absolute atomic E-state index is 0. The van der Waals surface area contributed by atoms with Crippen LogP contribution in [0.4, 0.5) is 0 Å². The number of nitrogens with two attached hydrogens (primary N) is 1. The highest BCUT2D eigenvalue weighted by molar-refractivity contribution is 5.89. The number of halogens is 1. The Balaban J connectivity index is 0.00000225. The van der Waals surface area contributed by atoms with Crippen molar-refractivity contribution >= 4 is 24.2 Å². The molecule has 6 heteroatoms. The van der Waals surface area contributed by atoms with E-state index in [4.69, 9.17) is 5.73 Å². The maximum Gasteiger partial charge on any atom is 0.242 e. The molecule has 1 rings (SSSR count). The predicted octanol–water partition coefficient (Wildman–Crippen LogP) is -0.0696. The molecule has 1 heterocycles. The smallest absolute Gasteiger partial charge is 0.242 e. The van der Waals surface area contributed by atoms with Gasteiger partial charge < -0.3 is 16.4 Å². The SMILES string of the molecule is CC(C)(NC(=O)CC1CCCN1)C(N)=O.Cl. The van der Waals surface area contributed by atoms with E-state index in [1.807, 2.05) is 0 Å². The number of nitrogens with one attached hydrogen (secondary N) is 2. The largest absolute Gasteiger partial charge is 0.368 e. The molecule has 94 valence electrons. The van der Waals surface area contributed by atoms with E-state index in [0.717, 1.165) is 19.4 Å². The molecule has 1 aliphatic heterocycles. The molecule has 0 aromatic heterocycles. The van der Waals surface area contributed by atoms with Crippen LogP contribution < -0.4 is 16.4 Å². The molecule has 5 nitrogen and oxygen atoms in total. The maximum absolute atomic E-state index is 11.6. The van der Waals surface area contributed by atoms with Crippen LogP contribution in [0, 0.1) is 0 Å². The van der Waals surface area contributed by atoms with Gasteiger partial charge in [-0.25, -0.2) is 0 Å². The lowest BCUT2D eigenvalue weighted by Gasteiger charge is -2.23. The zero-order chi connectivity index (χ0) is 11.5. The first-order valence-electron chi connectivity index (χ1n) is 5.26. The summed E-state index contributed by atoms with van der Waals surface area (Å²) in [6, 6.07) is 0.244. The van der Waals surface area contributed by atoms with E-state index >= 15 is 0 Å². The fourth-order valence-electron chi connectivity index (χ4n) is 1.62. The molecule has 0 spiro atoms. The summed E-state index contributed by atoms with van der Waals surface area (Å²) in [5, 5.41) is 5.85. The Morgan fingerprint density at radius 3 is 2.56 bits per heavy atom. The average Bonchev–Trinajstić information content (AvgIpc) is 2.54. The van der Waals surface area contributed by atoms with E-state index < -0.39 is 11.4 Å². The van der Waals surface area contributed by atoms with Gasteiger partial charge in [-0.1, -0.05) is 0 Å². The predicted molar refractivity (Wildman–Crippen MR) is 64.3 cm³/mol. The molecule has 2 amide bonds. The van der Waals surface area contributed by atoms with Crippen molar-refractivity contribution in [3.05, 3.63) is 0 Å². The molecule has 1 fully saturated rings. The quantitative estimate of drug-likeness (QED) is 0.652. The third kappa shape index (κ3) is 4.37. The number of hydrogen-bond acceptors (Lipinski definition) is 3. The summed E-state index contributed by atoms with van der Waals surface area (Å²) < 4.78 is 0. The summed E-state index contributed by atoms with van der Waals surface area (Å²) in [4.78, 5) is 22.5. The highest BCUT2D eigenvalue weighted by Crippen LogP contribution is 2.09. The number of carbonyl (C=O) groups excluding carboxylic acids is 2. The second-order valence-electron chi connectivity index (χ2n) is 4.53. The van der Waals surface area contributed by atoms with E-state index in [1.165, 1.54) is 0 Å². The molecule has 1 atom stereocenters. The fraction of sp³-hybridized carbons (Fsp3) is 0.800. The molecular formula is C10H20ClN3O2. The highest BCUT2D eigenvalue weighted by atomic mass is 35.5. The van der Waals surface area contributed by atoms with Crippen LogP contribution in [0.3, 0.4) is 0 Å². The van der Waals surface area contributed by atoms with Crippen molar-refractivity contribution in [2.24, 2.45) is 5.73 Å². The fourth-order valence-corrected chi connectivity index (χ4v) is 1.62. The summed E-state index contributed by atoms with van der Waals surface area (Å²) in [6.45, 7) is 4.18. The van der Waals surface area contributed by atoms with Crippen LogP contribution in [-0.4, -0.2) is 29.9 Å². The molecule has 0 aromatic rings. The Labute approximate surface area is 102 Å². The van der Waals surface area contributed by atoms with Gasteiger partial charge in [0.2, 0.25) is 11.8 Å². The Kier molecular flexibility index (Phi) is 5.75. The highest BCUT2D eigenvalue weighted by Gasteiger charge is 2.28. The van der Waals surface area contributed by atoms with Crippen LogP contribution in [0.1, 0.15) is 33.1 Å². The zero-order valence-corrected chi connectivity index (χ0v) is 10.5. The van der Waals surface area contributed by atoms with Gasteiger partial charge in [0.25, 0.3) is 0 Å². The molecule has 0 bridgehead atoms. The number of amides is 2. The monoisotopic (exact) mass is 249 g/mol. The van der Waals surface area contributed by atoms with Crippen LogP contribution >= 0.6 is 12.4 Å². The standard InChI is InChI=1S/C10H19N3O2.ClH/c1-10(2,9(11)15)13-8(14)6-7-4-3-5-12-7;/h7,12H,3-6H2,1-2H3,(H2,11,15)(H,13,14);1H. The third-order valence-electron chi connectivity index (χ3n) is 2.66. The first kappa shape index (κ1) is 15.2. The molecule has 0 aromatic carbocycles. The first-order chi connectivity index (χ1) is 6.92. The van der Waals surface area contributed by atoms with E-state index in [0.29, 0.717) is 6.42 Å². The average molecular weight is 250 g/mol. The molecule has 0 aliphatic carbocycles. The summed E-state index contributed by atoms with van der Waals surface area (Å²) >= 11 is 0. The lowest BCUT2D eigenvalue weighted by molar-refractivity contribution is -0.130.